The number of anilines is 1. The molecule has 0 aromatic heterocycles. The number of nitrogens with one attached hydrogen (secondary N) is 1. The van der Waals surface area contributed by atoms with Crippen molar-refractivity contribution in [3.63, 3.8) is 0 Å². The maximum Gasteiger partial charge on any atom is 0.288 e. The van der Waals surface area contributed by atoms with Gasteiger partial charge in [0.05, 0.1) is 9.95 Å². The van der Waals surface area contributed by atoms with Crippen molar-refractivity contribution in [2.75, 3.05) is 5.32 Å². The van der Waals surface area contributed by atoms with Gasteiger partial charge in [-0.3, -0.25) is 10.1 Å². The largest absolute Gasteiger partial charge is 0.506 e. The van der Waals surface area contributed by atoms with Crippen molar-refractivity contribution in [1.29, 1.82) is 0 Å². The SMILES string of the molecule is Cc1cc([N+](=O)[O-])c(Cl)cc1NCc1cccc(Cl)c1O. The molecule has 0 spiro atoms. The van der Waals surface area contributed by atoms with Crippen molar-refractivity contribution in [3.05, 3.63) is 61.6 Å². The van der Waals surface area contributed by atoms with Crippen LogP contribution in [0.15, 0.2) is 30.3 Å². The smallest absolute Gasteiger partial charge is 0.288 e. The molecule has 0 fully saturated rings. The lowest BCUT2D eigenvalue weighted by atomic mass is 10.1. The minimum Gasteiger partial charge on any atom is -0.506 e. The van der Waals surface area contributed by atoms with Crippen molar-refractivity contribution in [2.45, 2.75) is 13.5 Å². The van der Waals surface area contributed by atoms with Crippen molar-refractivity contribution in [1.82, 2.24) is 0 Å². The van der Waals surface area contributed by atoms with E-state index in [4.69, 9.17) is 23.2 Å². The highest BCUT2D eigenvalue weighted by atomic mass is 35.5. The minimum absolute atomic E-state index is 0.0114. The molecule has 7 heteroatoms. The molecule has 110 valence electrons. The number of aromatic hydroxyl groups is 1. The first kappa shape index (κ1) is 15.4. The van der Waals surface area contributed by atoms with Gasteiger partial charge in [0.15, 0.2) is 0 Å². The Morgan fingerprint density at radius 1 is 1.29 bits per heavy atom. The number of hydrogen-bond donors (Lipinski definition) is 2. The fourth-order valence-corrected chi connectivity index (χ4v) is 2.32. The van der Waals surface area contributed by atoms with Crippen molar-refractivity contribution in [3.8, 4) is 5.75 Å². The van der Waals surface area contributed by atoms with Gasteiger partial charge in [0.25, 0.3) is 5.69 Å². The summed E-state index contributed by atoms with van der Waals surface area (Å²) in [5, 5.41) is 24.0. The molecule has 0 saturated heterocycles. The highest BCUT2D eigenvalue weighted by Crippen LogP contribution is 2.32. The standard InChI is InChI=1S/C14H12Cl2N2O3/c1-8-5-13(18(20)21)11(16)6-12(8)17-7-9-3-2-4-10(15)14(9)19/h2-6,17,19H,7H2,1H3. The number of phenols is 1. The topological polar surface area (TPSA) is 75.4 Å². The number of nitro groups is 1. The van der Waals surface area contributed by atoms with Crippen molar-refractivity contribution < 1.29 is 10.0 Å². The Bertz CT molecular complexity index is 705. The van der Waals surface area contributed by atoms with Crippen molar-refractivity contribution in [2.24, 2.45) is 0 Å². The van der Waals surface area contributed by atoms with Crippen LogP contribution < -0.4 is 5.32 Å². The quantitative estimate of drug-likeness (QED) is 0.639. The maximum atomic E-state index is 10.8. The first-order valence-electron chi connectivity index (χ1n) is 6.05. The van der Waals surface area contributed by atoms with E-state index in [-0.39, 0.29) is 21.5 Å². The Morgan fingerprint density at radius 2 is 2.00 bits per heavy atom. The Balaban J connectivity index is 2.23. The van der Waals surface area contributed by atoms with Gasteiger partial charge in [0, 0.05) is 23.9 Å². The summed E-state index contributed by atoms with van der Waals surface area (Å²) in [5.74, 6) is 0.0114. The van der Waals surface area contributed by atoms with E-state index in [1.54, 1.807) is 25.1 Å². The van der Waals surface area contributed by atoms with Gasteiger partial charge in [-0.25, -0.2) is 0 Å². The second-order valence-electron chi connectivity index (χ2n) is 4.48. The van der Waals surface area contributed by atoms with Crippen LogP contribution in [0.1, 0.15) is 11.1 Å². The monoisotopic (exact) mass is 326 g/mol. The van der Waals surface area contributed by atoms with E-state index in [0.29, 0.717) is 23.4 Å². The van der Waals surface area contributed by atoms with E-state index >= 15 is 0 Å². The van der Waals surface area contributed by atoms with Gasteiger partial charge in [0.1, 0.15) is 10.8 Å². The lowest BCUT2D eigenvalue weighted by molar-refractivity contribution is -0.384. The molecule has 0 saturated carbocycles. The Kier molecular flexibility index (Phi) is 4.55. The molecule has 0 unspecified atom stereocenters. The molecule has 0 amide bonds. The lowest BCUT2D eigenvalue weighted by Crippen LogP contribution is -2.02. The van der Waals surface area contributed by atoms with Crippen molar-refractivity contribution >= 4 is 34.6 Å². The van der Waals surface area contributed by atoms with Crippen LogP contribution >= 0.6 is 23.2 Å². The van der Waals surface area contributed by atoms with Gasteiger partial charge in [-0.05, 0) is 24.6 Å². The molecule has 0 bridgehead atoms. The Labute approximate surface area is 131 Å². The summed E-state index contributed by atoms with van der Waals surface area (Å²) in [6.45, 7) is 2.06. The third kappa shape index (κ3) is 3.37. The van der Waals surface area contributed by atoms with Crippen LogP contribution in [0, 0.1) is 17.0 Å². The van der Waals surface area contributed by atoms with Crippen LogP contribution in [0.5, 0.6) is 5.75 Å². The summed E-state index contributed by atoms with van der Waals surface area (Å²) < 4.78 is 0. The molecule has 0 heterocycles. The predicted octanol–water partition coefficient (Wildman–Crippen LogP) is 4.53. The summed E-state index contributed by atoms with van der Waals surface area (Å²) in [6, 6.07) is 7.96. The molecule has 2 aromatic rings. The van der Waals surface area contributed by atoms with Gasteiger partial charge in [0.2, 0.25) is 0 Å². The maximum absolute atomic E-state index is 10.8. The summed E-state index contributed by atoms with van der Waals surface area (Å²) >= 11 is 11.7. The van der Waals surface area contributed by atoms with E-state index in [9.17, 15) is 15.2 Å². The highest BCUT2D eigenvalue weighted by Gasteiger charge is 2.15. The van der Waals surface area contributed by atoms with E-state index in [1.165, 1.54) is 12.1 Å². The van der Waals surface area contributed by atoms with Gasteiger partial charge in [-0.1, -0.05) is 35.3 Å². The molecular formula is C14H12Cl2N2O3. The zero-order valence-electron chi connectivity index (χ0n) is 11.1. The number of aryl methyl sites for hydroxylation is 1. The Hall–Kier alpha value is -1.98. The number of halogens is 2. The fraction of sp³-hybridized carbons (Fsp3) is 0.143. The van der Waals surface area contributed by atoms with Crippen LogP contribution in [0.3, 0.4) is 0 Å². The van der Waals surface area contributed by atoms with Crippen LogP contribution in [0.2, 0.25) is 10.0 Å². The summed E-state index contributed by atoms with van der Waals surface area (Å²) in [4.78, 5) is 10.3. The average Bonchev–Trinajstić information content (AvgIpc) is 2.43. The molecular weight excluding hydrogens is 315 g/mol. The predicted molar refractivity (Wildman–Crippen MR) is 83.3 cm³/mol. The molecule has 2 N–H and O–H groups in total. The van der Waals surface area contributed by atoms with E-state index in [2.05, 4.69) is 5.32 Å². The zero-order valence-corrected chi connectivity index (χ0v) is 12.6. The Morgan fingerprint density at radius 3 is 2.67 bits per heavy atom. The van der Waals surface area contributed by atoms with Gasteiger partial charge in [-0.15, -0.1) is 0 Å². The molecule has 0 radical (unpaired) electrons. The molecule has 2 aromatic carbocycles. The minimum atomic E-state index is -0.526. The molecule has 2 rings (SSSR count). The first-order chi connectivity index (χ1) is 9.90. The zero-order chi connectivity index (χ0) is 15.6. The number of nitro benzene ring substituents is 1. The highest BCUT2D eigenvalue weighted by molar-refractivity contribution is 6.33. The molecule has 0 aliphatic carbocycles. The first-order valence-corrected chi connectivity index (χ1v) is 6.80. The van der Waals surface area contributed by atoms with E-state index in [0.717, 1.165) is 0 Å². The number of para-hydroxylation sites is 1. The summed E-state index contributed by atoms with van der Waals surface area (Å²) in [7, 11) is 0. The molecule has 0 aliphatic rings. The average molecular weight is 327 g/mol. The number of rotatable bonds is 4. The fourth-order valence-electron chi connectivity index (χ4n) is 1.89. The second kappa shape index (κ2) is 6.20. The van der Waals surface area contributed by atoms with Crippen LogP contribution in [-0.4, -0.2) is 10.0 Å². The normalized spacial score (nSPS) is 10.4. The molecule has 5 nitrogen and oxygen atoms in total. The third-order valence-corrected chi connectivity index (χ3v) is 3.64. The number of phenolic OH excluding ortho intramolecular Hbond substituents is 1. The summed E-state index contributed by atoms with van der Waals surface area (Å²) in [6.07, 6.45) is 0. The van der Waals surface area contributed by atoms with Gasteiger partial charge >= 0.3 is 0 Å². The van der Waals surface area contributed by atoms with E-state index < -0.39 is 4.92 Å². The number of hydrogen-bond acceptors (Lipinski definition) is 4. The summed E-state index contributed by atoms with van der Waals surface area (Å²) in [5.41, 5.74) is 1.83. The molecule has 0 aliphatic heterocycles. The van der Waals surface area contributed by atoms with Crippen LogP contribution in [0.25, 0.3) is 0 Å². The lowest BCUT2D eigenvalue weighted by Gasteiger charge is -2.12. The third-order valence-electron chi connectivity index (χ3n) is 3.03. The number of nitrogens with zero attached hydrogens (tertiary/aromatic N) is 1. The van der Waals surface area contributed by atoms with Crippen LogP contribution in [0.4, 0.5) is 11.4 Å². The number of benzene rings is 2. The molecule has 0 atom stereocenters. The van der Waals surface area contributed by atoms with E-state index in [1.807, 2.05) is 0 Å². The molecule has 21 heavy (non-hydrogen) atoms. The van der Waals surface area contributed by atoms with Crippen LogP contribution in [-0.2, 0) is 6.54 Å². The van der Waals surface area contributed by atoms with Gasteiger partial charge < -0.3 is 10.4 Å². The van der Waals surface area contributed by atoms with Gasteiger partial charge in [-0.2, -0.15) is 0 Å². The second-order valence-corrected chi connectivity index (χ2v) is 5.29.